The van der Waals surface area contributed by atoms with Gasteiger partial charge in [0.2, 0.25) is 0 Å². The lowest BCUT2D eigenvalue weighted by Gasteiger charge is -2.05. The molecule has 98 valence electrons. The molecule has 3 nitrogen and oxygen atoms in total. The van der Waals surface area contributed by atoms with E-state index in [1.165, 1.54) is 0 Å². The third kappa shape index (κ3) is 2.05. The summed E-state index contributed by atoms with van der Waals surface area (Å²) in [7, 11) is 0. The number of aryl methyl sites for hydroxylation is 2. The Morgan fingerprint density at radius 3 is 2.58 bits per heavy atom. The summed E-state index contributed by atoms with van der Waals surface area (Å²) in [4.78, 5) is 0. The number of furan rings is 2. The van der Waals surface area contributed by atoms with Gasteiger partial charge in [0.05, 0.1) is 5.02 Å². The van der Waals surface area contributed by atoms with Crippen molar-refractivity contribution >= 4 is 22.6 Å². The molecule has 2 aromatic heterocycles. The smallest absolute Gasteiger partial charge is 0.153 e. The number of fused-ring (bicyclic) bond motifs is 1. The first-order valence-corrected chi connectivity index (χ1v) is 6.37. The molecule has 0 amide bonds. The molecule has 0 fully saturated rings. The number of aliphatic hydroxyl groups is 1. The van der Waals surface area contributed by atoms with E-state index in [0.717, 1.165) is 11.1 Å². The topological polar surface area (TPSA) is 46.5 Å². The lowest BCUT2D eigenvalue weighted by atomic mass is 10.1. The van der Waals surface area contributed by atoms with E-state index in [0.29, 0.717) is 27.7 Å². The van der Waals surface area contributed by atoms with Gasteiger partial charge < -0.3 is 13.9 Å². The highest BCUT2D eigenvalue weighted by Crippen LogP contribution is 2.33. The van der Waals surface area contributed by atoms with E-state index in [-0.39, 0.29) is 0 Å². The maximum absolute atomic E-state index is 10.4. The molecule has 0 saturated heterocycles. The molecule has 0 aliphatic rings. The van der Waals surface area contributed by atoms with Crippen molar-refractivity contribution < 1.29 is 13.9 Å². The minimum absolute atomic E-state index is 0.465. The molecule has 0 saturated carbocycles. The second kappa shape index (κ2) is 4.44. The third-order valence-corrected chi connectivity index (χ3v) is 3.46. The predicted molar refractivity (Wildman–Crippen MR) is 73.5 cm³/mol. The van der Waals surface area contributed by atoms with Gasteiger partial charge in [-0.1, -0.05) is 23.7 Å². The van der Waals surface area contributed by atoms with Crippen LogP contribution in [0.5, 0.6) is 0 Å². The van der Waals surface area contributed by atoms with Crippen molar-refractivity contribution in [2.45, 2.75) is 20.0 Å². The van der Waals surface area contributed by atoms with Crippen molar-refractivity contribution in [1.82, 2.24) is 0 Å². The highest BCUT2D eigenvalue weighted by molar-refractivity contribution is 6.34. The molecule has 19 heavy (non-hydrogen) atoms. The van der Waals surface area contributed by atoms with E-state index in [1.807, 2.05) is 32.0 Å². The standard InChI is InChI=1S/C15H13ClO3/c1-8-6-11(9(2)18-8)14(17)13-7-10-4-3-5-12(16)15(10)19-13/h3-7,14,17H,1-2H3. The Bertz CT molecular complexity index is 739. The van der Waals surface area contributed by atoms with E-state index in [1.54, 1.807) is 12.1 Å². The zero-order valence-electron chi connectivity index (χ0n) is 10.6. The summed E-state index contributed by atoms with van der Waals surface area (Å²) in [6.45, 7) is 3.67. The number of hydrogen-bond acceptors (Lipinski definition) is 3. The van der Waals surface area contributed by atoms with Gasteiger partial charge in [-0.2, -0.15) is 0 Å². The average Bonchev–Trinajstić information content (AvgIpc) is 2.93. The second-order valence-corrected chi connectivity index (χ2v) is 4.99. The fraction of sp³-hybridized carbons (Fsp3) is 0.200. The summed E-state index contributed by atoms with van der Waals surface area (Å²) in [6.07, 6.45) is -0.846. The Hall–Kier alpha value is -1.71. The molecular formula is C15H13ClO3. The molecule has 0 aliphatic carbocycles. The molecule has 4 heteroatoms. The van der Waals surface area contributed by atoms with Crippen molar-refractivity contribution in [2.24, 2.45) is 0 Å². The van der Waals surface area contributed by atoms with Crippen LogP contribution >= 0.6 is 11.6 Å². The molecule has 1 unspecified atom stereocenters. The fourth-order valence-electron chi connectivity index (χ4n) is 2.26. The van der Waals surface area contributed by atoms with Crippen molar-refractivity contribution in [3.8, 4) is 0 Å². The largest absolute Gasteiger partial charge is 0.466 e. The quantitative estimate of drug-likeness (QED) is 0.755. The van der Waals surface area contributed by atoms with Crippen LogP contribution in [0.2, 0.25) is 5.02 Å². The minimum Gasteiger partial charge on any atom is -0.466 e. The van der Waals surface area contributed by atoms with Gasteiger partial charge in [-0.3, -0.25) is 0 Å². The fourth-order valence-corrected chi connectivity index (χ4v) is 2.48. The van der Waals surface area contributed by atoms with Gasteiger partial charge in [-0.25, -0.2) is 0 Å². The summed E-state index contributed by atoms with van der Waals surface area (Å²) >= 11 is 6.06. The zero-order chi connectivity index (χ0) is 13.6. The van der Waals surface area contributed by atoms with Gasteiger partial charge in [-0.15, -0.1) is 0 Å². The molecule has 1 aromatic carbocycles. The average molecular weight is 277 g/mol. The number of rotatable bonds is 2. The van der Waals surface area contributed by atoms with Gasteiger partial charge >= 0.3 is 0 Å². The van der Waals surface area contributed by atoms with Gasteiger partial charge in [0.15, 0.2) is 5.58 Å². The Balaban J connectivity index is 2.09. The molecule has 0 radical (unpaired) electrons. The van der Waals surface area contributed by atoms with Gasteiger partial charge in [0, 0.05) is 10.9 Å². The second-order valence-electron chi connectivity index (χ2n) is 4.58. The Labute approximate surface area is 115 Å². The van der Waals surface area contributed by atoms with Crippen molar-refractivity contribution in [3.05, 3.63) is 58.2 Å². The molecule has 3 rings (SSSR count). The minimum atomic E-state index is -0.846. The number of para-hydroxylation sites is 1. The number of benzene rings is 1. The third-order valence-electron chi connectivity index (χ3n) is 3.16. The van der Waals surface area contributed by atoms with Crippen LogP contribution in [-0.4, -0.2) is 5.11 Å². The molecule has 0 bridgehead atoms. The van der Waals surface area contributed by atoms with Crippen molar-refractivity contribution in [2.75, 3.05) is 0 Å². The lowest BCUT2D eigenvalue weighted by molar-refractivity contribution is 0.190. The zero-order valence-corrected chi connectivity index (χ0v) is 11.4. The summed E-state index contributed by atoms with van der Waals surface area (Å²) in [5.41, 5.74) is 1.31. The first-order valence-electron chi connectivity index (χ1n) is 5.99. The van der Waals surface area contributed by atoms with Crippen LogP contribution in [0.3, 0.4) is 0 Å². The predicted octanol–water partition coefficient (Wildman–Crippen LogP) is 4.38. The van der Waals surface area contributed by atoms with Gasteiger partial charge in [0.1, 0.15) is 23.4 Å². The summed E-state index contributed by atoms with van der Waals surface area (Å²) in [6, 6.07) is 9.12. The van der Waals surface area contributed by atoms with Crippen LogP contribution in [0.25, 0.3) is 11.0 Å². The SMILES string of the molecule is Cc1cc(C(O)c2cc3cccc(Cl)c3o2)c(C)o1. The maximum atomic E-state index is 10.4. The first-order chi connectivity index (χ1) is 9.06. The van der Waals surface area contributed by atoms with Crippen LogP contribution in [0.4, 0.5) is 0 Å². The highest BCUT2D eigenvalue weighted by atomic mass is 35.5. The molecule has 2 heterocycles. The van der Waals surface area contributed by atoms with Crippen LogP contribution in [-0.2, 0) is 0 Å². The molecule has 0 aliphatic heterocycles. The van der Waals surface area contributed by atoms with Crippen LogP contribution in [0.15, 0.2) is 39.2 Å². The number of halogens is 1. The molecule has 3 aromatic rings. The monoisotopic (exact) mass is 276 g/mol. The van der Waals surface area contributed by atoms with E-state index < -0.39 is 6.10 Å². The molecule has 1 N–H and O–H groups in total. The van der Waals surface area contributed by atoms with E-state index in [9.17, 15) is 5.11 Å². The maximum Gasteiger partial charge on any atom is 0.153 e. The van der Waals surface area contributed by atoms with Crippen LogP contribution in [0, 0.1) is 13.8 Å². The highest BCUT2D eigenvalue weighted by Gasteiger charge is 2.20. The van der Waals surface area contributed by atoms with Crippen LogP contribution < -0.4 is 0 Å². The Kier molecular flexibility index (Phi) is 2.88. The van der Waals surface area contributed by atoms with Gasteiger partial charge in [0.25, 0.3) is 0 Å². The summed E-state index contributed by atoms with van der Waals surface area (Å²) in [5.74, 6) is 1.92. The molecule has 0 spiro atoms. The summed E-state index contributed by atoms with van der Waals surface area (Å²) < 4.78 is 11.1. The molecule has 1 atom stereocenters. The Morgan fingerprint density at radius 1 is 1.16 bits per heavy atom. The number of hydrogen-bond donors (Lipinski definition) is 1. The lowest BCUT2D eigenvalue weighted by Crippen LogP contribution is -1.97. The first kappa shape index (κ1) is 12.3. The molecular weight excluding hydrogens is 264 g/mol. The van der Waals surface area contributed by atoms with Gasteiger partial charge in [-0.05, 0) is 32.0 Å². The normalized spacial score (nSPS) is 13.1. The summed E-state index contributed by atoms with van der Waals surface area (Å²) in [5, 5.41) is 11.8. The number of aliphatic hydroxyl groups excluding tert-OH is 1. The van der Waals surface area contributed by atoms with Crippen molar-refractivity contribution in [1.29, 1.82) is 0 Å². The van der Waals surface area contributed by atoms with E-state index in [4.69, 9.17) is 20.4 Å². The van der Waals surface area contributed by atoms with Crippen LogP contribution in [0.1, 0.15) is 28.9 Å². The Morgan fingerprint density at radius 2 is 1.95 bits per heavy atom. The van der Waals surface area contributed by atoms with Crippen molar-refractivity contribution in [3.63, 3.8) is 0 Å². The van der Waals surface area contributed by atoms with E-state index >= 15 is 0 Å². The van der Waals surface area contributed by atoms with E-state index in [2.05, 4.69) is 0 Å².